The molecule has 2 unspecified atom stereocenters. The maximum atomic E-state index is 11.1. The highest BCUT2D eigenvalue weighted by Gasteiger charge is 2.38. The van der Waals surface area contributed by atoms with Gasteiger partial charge < -0.3 is 14.8 Å². The Labute approximate surface area is 140 Å². The molecule has 9 nitrogen and oxygen atoms in total. The van der Waals surface area contributed by atoms with E-state index >= 15 is 0 Å². The summed E-state index contributed by atoms with van der Waals surface area (Å²) >= 11 is -2.57. The van der Waals surface area contributed by atoms with Crippen molar-refractivity contribution in [2.45, 2.75) is 17.7 Å². The van der Waals surface area contributed by atoms with Gasteiger partial charge in [-0.2, -0.15) is 0 Å². The van der Waals surface area contributed by atoms with Crippen LogP contribution in [0.4, 0.5) is 5.69 Å². The lowest BCUT2D eigenvalue weighted by molar-refractivity contribution is -0.142. The average Bonchev–Trinajstić information content (AvgIpc) is 2.49. The van der Waals surface area contributed by atoms with Crippen LogP contribution in [0.1, 0.15) is 12.8 Å². The minimum absolute atomic E-state index is 0.0179. The molecule has 0 spiro atoms. The van der Waals surface area contributed by atoms with Crippen LogP contribution in [0.2, 0.25) is 0 Å². The minimum atomic E-state index is -3.89. The second-order valence-corrected chi connectivity index (χ2v) is 7.96. The minimum Gasteiger partial charge on any atom is -0.768 e. The molecule has 11 heteroatoms. The van der Waals surface area contributed by atoms with Gasteiger partial charge in [-0.05, 0) is 29.6 Å². The van der Waals surface area contributed by atoms with Gasteiger partial charge in [0.05, 0.1) is 16.5 Å². The fraction of sp³-hybridized carbons (Fsp3) is 0.308. The van der Waals surface area contributed by atoms with Gasteiger partial charge in [0.15, 0.2) is 0 Å². The summed E-state index contributed by atoms with van der Waals surface area (Å²) in [6, 6.07) is 5.60. The Hall–Kier alpha value is -1.71. The maximum Gasteiger partial charge on any atom is 0.312 e. The van der Waals surface area contributed by atoms with E-state index in [-0.39, 0.29) is 17.0 Å². The van der Waals surface area contributed by atoms with Crippen molar-refractivity contribution >= 4 is 42.4 Å². The highest BCUT2D eigenvalue weighted by Crippen LogP contribution is 2.49. The molecule has 132 valence electrons. The zero-order valence-corrected chi connectivity index (χ0v) is 14.0. The van der Waals surface area contributed by atoms with Crippen molar-refractivity contribution < 1.29 is 38.4 Å². The zero-order valence-electron chi connectivity index (χ0n) is 12.3. The molecule has 0 radical (unpaired) electrons. The van der Waals surface area contributed by atoms with Crippen molar-refractivity contribution in [2.24, 2.45) is 10.9 Å². The Kier molecular flexibility index (Phi) is 7.59. The van der Waals surface area contributed by atoms with Crippen LogP contribution in [-0.4, -0.2) is 52.8 Å². The summed E-state index contributed by atoms with van der Waals surface area (Å²) in [6.07, 6.45) is -1.27. The molecule has 0 heterocycles. The molecule has 1 rings (SSSR count). The number of para-hydroxylation sites is 1. The molecule has 0 aromatic heterocycles. The van der Waals surface area contributed by atoms with Gasteiger partial charge in [0.2, 0.25) is 5.96 Å². The zero-order chi connectivity index (χ0) is 18.3. The second kappa shape index (κ2) is 8.95. The van der Waals surface area contributed by atoms with Crippen LogP contribution in [0.15, 0.2) is 34.2 Å². The summed E-state index contributed by atoms with van der Waals surface area (Å²) in [6.45, 7) is 0. The Morgan fingerprint density at radius 2 is 1.92 bits per heavy atom. The molecular weight excluding hydrogens is 361 g/mol. The van der Waals surface area contributed by atoms with E-state index in [9.17, 15) is 28.1 Å². The van der Waals surface area contributed by atoms with E-state index in [0.29, 0.717) is 0 Å². The molecule has 0 amide bonds. The predicted molar refractivity (Wildman–Crippen MR) is 86.0 cm³/mol. The van der Waals surface area contributed by atoms with Crippen LogP contribution >= 0.6 is 7.72 Å². The van der Waals surface area contributed by atoms with Crippen molar-refractivity contribution in [1.29, 1.82) is 0 Å². The van der Waals surface area contributed by atoms with Gasteiger partial charge in [-0.25, -0.2) is 14.8 Å². The van der Waals surface area contributed by atoms with Crippen LogP contribution < -0.4 is 0 Å². The first kappa shape index (κ1) is 20.3. The molecule has 2 atom stereocenters. The van der Waals surface area contributed by atoms with Crippen LogP contribution in [0.3, 0.4) is 0 Å². The predicted octanol–water partition coefficient (Wildman–Crippen LogP) is 0.982. The summed E-state index contributed by atoms with van der Waals surface area (Å²) in [4.78, 5) is 45.1. The van der Waals surface area contributed by atoms with Gasteiger partial charge in [0.25, 0.3) is 0 Å². The second-order valence-electron chi connectivity index (χ2n) is 4.88. The molecule has 0 fully saturated rings. The number of benzene rings is 1. The molecule has 1 aromatic rings. The Balaban J connectivity index is 2.89. The molecule has 24 heavy (non-hydrogen) atoms. The first-order valence-electron chi connectivity index (χ1n) is 6.64. The molecule has 0 aliphatic rings. The summed E-state index contributed by atoms with van der Waals surface area (Å²) in [5.74, 6) is -3.07. The van der Waals surface area contributed by atoms with E-state index < -0.39 is 49.2 Å². The van der Waals surface area contributed by atoms with Gasteiger partial charge in [-0.15, -0.1) is 0 Å². The van der Waals surface area contributed by atoms with E-state index in [4.69, 9.17) is 10.2 Å². The number of carboxylic acids is 2. The number of rotatable bonds is 9. The summed E-state index contributed by atoms with van der Waals surface area (Å²) < 4.78 is 22.1. The molecule has 0 saturated carbocycles. The third-order valence-corrected chi connectivity index (χ3v) is 5.14. The van der Waals surface area contributed by atoms with E-state index in [1.54, 1.807) is 0 Å². The average molecular weight is 377 g/mol. The normalized spacial score (nSPS) is 14.5. The first-order valence-corrected chi connectivity index (χ1v) is 9.66. The number of carboxylic acid groups (broad SMARTS) is 2. The third-order valence-electron chi connectivity index (χ3n) is 2.97. The largest absolute Gasteiger partial charge is 0.768 e. The quantitative estimate of drug-likeness (QED) is 0.280. The van der Waals surface area contributed by atoms with E-state index in [0.717, 1.165) is 5.96 Å². The number of aliphatic imine (C=N–C) groups is 1. The highest BCUT2D eigenvalue weighted by molar-refractivity contribution is 7.79. The first-order chi connectivity index (χ1) is 11.1. The Morgan fingerprint density at radius 1 is 1.29 bits per heavy atom. The molecule has 0 saturated heterocycles. The van der Waals surface area contributed by atoms with Gasteiger partial charge in [-0.3, -0.25) is 13.8 Å². The molecule has 4 N–H and O–H groups in total. The van der Waals surface area contributed by atoms with Crippen molar-refractivity contribution in [2.75, 3.05) is 6.16 Å². The topological polar surface area (TPSA) is 168 Å². The van der Waals surface area contributed by atoms with Crippen molar-refractivity contribution in [1.82, 2.24) is 0 Å². The molecule has 1 aromatic carbocycles. The van der Waals surface area contributed by atoms with Gasteiger partial charge in [0, 0.05) is 6.42 Å². The van der Waals surface area contributed by atoms with Crippen LogP contribution in [-0.2, 0) is 20.7 Å². The molecule has 0 aliphatic carbocycles. The lowest BCUT2D eigenvalue weighted by atomic mass is 10.1. The molecule has 0 bridgehead atoms. The molecular formula is C13H16NO8PS. The number of aliphatic carboxylic acids is 2. The van der Waals surface area contributed by atoms with Gasteiger partial charge >= 0.3 is 19.7 Å². The van der Waals surface area contributed by atoms with Crippen LogP contribution in [0.25, 0.3) is 0 Å². The lowest BCUT2D eigenvalue weighted by Gasteiger charge is -2.13. The SMILES string of the molecule is O=C(O)CCC(C[P+](O)(O)C=Nc1ccccc1S(=O)[O-])C(=O)O. The standard InChI is InChI=1S/C13H16NO8PS/c15-12(16)6-5-9(13(17)18)7-23(19,20)8-14-10-3-1-2-4-11(10)24(21)22/h1-4,8-9,19-20H,5-7H2,(H2-,15,16,17,18,21,22). The fourth-order valence-corrected chi connectivity index (χ4v) is 3.69. The maximum absolute atomic E-state index is 11.1. The Bertz CT molecular complexity index is 663. The third kappa shape index (κ3) is 6.81. The highest BCUT2D eigenvalue weighted by atomic mass is 32.2. The lowest BCUT2D eigenvalue weighted by Crippen LogP contribution is -2.21. The van der Waals surface area contributed by atoms with Crippen molar-refractivity contribution in [3.8, 4) is 0 Å². The number of hydrogen-bond donors (Lipinski definition) is 4. The number of nitrogens with zero attached hydrogens (tertiary/aromatic N) is 1. The summed E-state index contributed by atoms with van der Waals surface area (Å²) in [5.41, 5.74) is -0.0179. The van der Waals surface area contributed by atoms with Crippen LogP contribution in [0, 0.1) is 5.92 Å². The smallest absolute Gasteiger partial charge is 0.312 e. The van der Waals surface area contributed by atoms with Gasteiger partial charge in [-0.1, -0.05) is 12.1 Å². The monoisotopic (exact) mass is 377 g/mol. The Morgan fingerprint density at radius 3 is 2.46 bits per heavy atom. The van der Waals surface area contributed by atoms with Gasteiger partial charge in [0.1, 0.15) is 6.16 Å². The van der Waals surface area contributed by atoms with E-state index in [2.05, 4.69) is 4.99 Å². The fourth-order valence-electron chi connectivity index (χ4n) is 1.82. The summed E-state index contributed by atoms with van der Waals surface area (Å²) in [7, 11) is -3.89. The summed E-state index contributed by atoms with van der Waals surface area (Å²) in [5, 5.41) is 17.6. The van der Waals surface area contributed by atoms with E-state index in [1.165, 1.54) is 24.3 Å². The molecule has 0 aliphatic heterocycles. The van der Waals surface area contributed by atoms with Crippen molar-refractivity contribution in [3.63, 3.8) is 0 Å². The van der Waals surface area contributed by atoms with E-state index in [1.807, 2.05) is 0 Å². The van der Waals surface area contributed by atoms with Crippen LogP contribution in [0.5, 0.6) is 0 Å². The number of hydrogen-bond acceptors (Lipinski definition) is 7. The van der Waals surface area contributed by atoms with Crippen molar-refractivity contribution in [3.05, 3.63) is 24.3 Å². The number of carbonyl (C=O) groups is 2.